The highest BCUT2D eigenvalue weighted by molar-refractivity contribution is 5.18. The molecule has 0 spiro atoms. The summed E-state index contributed by atoms with van der Waals surface area (Å²) in [5.74, 6) is 0. The summed E-state index contributed by atoms with van der Waals surface area (Å²) in [7, 11) is 0. The fourth-order valence-electron chi connectivity index (χ4n) is 9.09. The van der Waals surface area contributed by atoms with E-state index in [0.29, 0.717) is 24.8 Å². The number of aliphatic hydroxyl groups excluding tert-OH is 6. The standard InChI is InChI=1S/C41H75FN4O9/c1-2-3-4-5-6-7-8-9-11-14-17-20-23-32(48)34(49)31(27-54-38-37(52)36(51)35(50)33(26-47)55-38)46-39(53)45(43-44-46)25-22-19-16-13-10-12-15-18-21-24-40-28-41(42,29-40)30-40/h31-38,47-52H,2-30H2,1H3/t31-,32+,33?,34-,35?,36?,37?,38?,40?,41?/m0/s1. The van der Waals surface area contributed by atoms with Crippen LogP contribution < -0.4 is 5.69 Å². The van der Waals surface area contributed by atoms with Crippen molar-refractivity contribution >= 4 is 0 Å². The molecule has 3 saturated carbocycles. The molecule has 0 amide bonds. The van der Waals surface area contributed by atoms with E-state index in [1.807, 2.05) is 0 Å². The predicted molar refractivity (Wildman–Crippen MR) is 207 cm³/mol. The molecule has 0 aromatic carbocycles. The van der Waals surface area contributed by atoms with Crippen LogP contribution in [0.2, 0.25) is 0 Å². The Labute approximate surface area is 328 Å². The Kier molecular flexibility index (Phi) is 20.0. The van der Waals surface area contributed by atoms with Crippen molar-refractivity contribution in [2.24, 2.45) is 5.41 Å². The lowest BCUT2D eigenvalue weighted by Crippen LogP contribution is -2.64. The fourth-order valence-corrected chi connectivity index (χ4v) is 9.09. The summed E-state index contributed by atoms with van der Waals surface area (Å²) in [6, 6.07) is -1.19. The number of nitrogens with zero attached hydrogens (tertiary/aromatic N) is 4. The van der Waals surface area contributed by atoms with E-state index >= 15 is 0 Å². The van der Waals surface area contributed by atoms with Gasteiger partial charge in [0.25, 0.3) is 0 Å². The van der Waals surface area contributed by atoms with E-state index in [9.17, 15) is 39.8 Å². The highest BCUT2D eigenvalue weighted by Crippen LogP contribution is 2.71. The minimum atomic E-state index is -1.66. The normalized spacial score (nSPS) is 29.1. The maximum atomic E-state index is 13.7. The van der Waals surface area contributed by atoms with Gasteiger partial charge in [-0.15, -0.1) is 0 Å². The lowest BCUT2D eigenvalue weighted by molar-refractivity contribution is -0.304. The highest BCUT2D eigenvalue weighted by atomic mass is 19.1. The van der Waals surface area contributed by atoms with Gasteiger partial charge in [-0.3, -0.25) is 0 Å². The van der Waals surface area contributed by atoms with E-state index in [1.165, 1.54) is 94.6 Å². The molecule has 5 unspecified atom stereocenters. The Balaban J connectivity index is 1.18. The van der Waals surface area contributed by atoms with Crippen molar-refractivity contribution in [3.63, 3.8) is 0 Å². The lowest BCUT2D eigenvalue weighted by atomic mass is 9.41. The summed E-state index contributed by atoms with van der Waals surface area (Å²) in [4.78, 5) is 13.5. The Hall–Kier alpha value is -1.52. The molecule has 6 N–H and O–H groups in total. The van der Waals surface area contributed by atoms with E-state index < -0.39 is 73.5 Å². The van der Waals surface area contributed by atoms with E-state index in [0.717, 1.165) is 68.9 Å². The molecule has 13 nitrogen and oxygen atoms in total. The van der Waals surface area contributed by atoms with Gasteiger partial charge >= 0.3 is 5.69 Å². The number of ether oxygens (including phenoxy) is 2. The number of unbranched alkanes of at least 4 members (excludes halogenated alkanes) is 19. The van der Waals surface area contributed by atoms with Gasteiger partial charge in [-0.05, 0) is 54.4 Å². The van der Waals surface area contributed by atoms with Gasteiger partial charge in [0.15, 0.2) is 6.29 Å². The van der Waals surface area contributed by atoms with Crippen LogP contribution >= 0.6 is 0 Å². The molecule has 4 fully saturated rings. The first-order valence-corrected chi connectivity index (χ1v) is 22.0. The molecule has 2 heterocycles. The zero-order valence-electron chi connectivity index (χ0n) is 33.7. The molecule has 1 saturated heterocycles. The number of aryl methyl sites for hydroxylation is 1. The van der Waals surface area contributed by atoms with Crippen molar-refractivity contribution in [1.29, 1.82) is 0 Å². The minimum Gasteiger partial charge on any atom is -0.394 e. The van der Waals surface area contributed by atoms with Crippen molar-refractivity contribution in [2.75, 3.05) is 13.2 Å². The topological polar surface area (TPSA) is 193 Å². The third-order valence-corrected chi connectivity index (χ3v) is 12.5. The second-order valence-corrected chi connectivity index (χ2v) is 17.4. The van der Waals surface area contributed by atoms with Crippen molar-refractivity contribution in [1.82, 2.24) is 19.8 Å². The molecule has 3 aliphatic carbocycles. The third-order valence-electron chi connectivity index (χ3n) is 12.5. The van der Waals surface area contributed by atoms with Crippen molar-refractivity contribution in [3.05, 3.63) is 10.5 Å². The molecule has 0 radical (unpaired) electrons. The molecule has 8 atom stereocenters. The molecular formula is C41H75FN4O9. The molecule has 55 heavy (non-hydrogen) atoms. The van der Waals surface area contributed by atoms with Crippen LogP contribution in [0.4, 0.5) is 4.39 Å². The summed E-state index contributed by atoms with van der Waals surface area (Å²) in [6.45, 7) is 1.51. The second kappa shape index (κ2) is 23.8. The molecule has 14 heteroatoms. The minimum absolute atomic E-state index is 0.305. The first-order chi connectivity index (χ1) is 26.5. The Bertz CT molecular complexity index is 1230. The van der Waals surface area contributed by atoms with Crippen LogP contribution in [0.25, 0.3) is 0 Å². The third kappa shape index (κ3) is 14.1. The molecule has 2 bridgehead atoms. The maximum absolute atomic E-state index is 13.7. The SMILES string of the molecule is CCCCCCCCCCCCCC[C@@H](O)[C@@H](O)[C@H](COC1OC(CO)C(O)C(O)C1O)n1nnn(CCCCCCCCCCCC23CC(F)(C2)C3)c1=O. The van der Waals surface area contributed by atoms with Crippen LogP contribution in [-0.4, -0.2) is 112 Å². The van der Waals surface area contributed by atoms with E-state index in [-0.39, 0.29) is 0 Å². The first kappa shape index (κ1) is 46.2. The zero-order chi connectivity index (χ0) is 39.7. The average molecular weight is 787 g/mol. The lowest BCUT2D eigenvalue weighted by Gasteiger charge is -2.66. The van der Waals surface area contributed by atoms with Crippen LogP contribution in [0, 0.1) is 5.41 Å². The monoisotopic (exact) mass is 787 g/mol. The first-order valence-electron chi connectivity index (χ1n) is 22.0. The van der Waals surface area contributed by atoms with E-state index in [1.54, 1.807) is 0 Å². The summed E-state index contributed by atoms with van der Waals surface area (Å²) in [5.41, 5.74) is -1.00. The smallest absolute Gasteiger partial charge is 0.364 e. The van der Waals surface area contributed by atoms with Crippen LogP contribution in [-0.2, 0) is 16.0 Å². The summed E-state index contributed by atoms with van der Waals surface area (Å²) >= 11 is 0. The van der Waals surface area contributed by atoms with Gasteiger partial charge in [0, 0.05) is 6.54 Å². The maximum Gasteiger partial charge on any atom is 0.364 e. The van der Waals surface area contributed by atoms with E-state index in [2.05, 4.69) is 17.4 Å². The van der Waals surface area contributed by atoms with Gasteiger partial charge in [-0.1, -0.05) is 135 Å². The van der Waals surface area contributed by atoms with Gasteiger partial charge in [-0.25, -0.2) is 9.18 Å². The molecule has 320 valence electrons. The number of halogens is 1. The van der Waals surface area contributed by atoms with Crippen molar-refractivity contribution in [2.45, 2.75) is 235 Å². The zero-order valence-corrected chi connectivity index (χ0v) is 33.7. The average Bonchev–Trinajstić information content (AvgIpc) is 3.51. The molecule has 5 rings (SSSR count). The number of alkyl halides is 1. The Morgan fingerprint density at radius 3 is 1.84 bits per heavy atom. The Morgan fingerprint density at radius 1 is 0.764 bits per heavy atom. The fraction of sp³-hybridized carbons (Fsp3) is 0.976. The van der Waals surface area contributed by atoms with Crippen molar-refractivity contribution in [3.8, 4) is 0 Å². The summed E-state index contributed by atoms with van der Waals surface area (Å²) < 4.78 is 27.1. The molecule has 1 aliphatic heterocycles. The molecular weight excluding hydrogens is 711 g/mol. The summed E-state index contributed by atoms with van der Waals surface area (Å²) in [6.07, 6.45) is 17.5. The number of hydrogen-bond acceptors (Lipinski definition) is 11. The predicted octanol–water partition coefficient (Wildman–Crippen LogP) is 5.40. The van der Waals surface area contributed by atoms with Crippen LogP contribution in [0.15, 0.2) is 4.79 Å². The van der Waals surface area contributed by atoms with Gasteiger partial charge in [0.1, 0.15) is 42.2 Å². The quantitative estimate of drug-likeness (QED) is 0.0513. The molecule has 1 aromatic heterocycles. The number of aliphatic hydroxyl groups is 6. The van der Waals surface area contributed by atoms with Crippen LogP contribution in [0.3, 0.4) is 0 Å². The van der Waals surface area contributed by atoms with Gasteiger partial charge < -0.3 is 40.1 Å². The highest BCUT2D eigenvalue weighted by Gasteiger charge is 2.68. The van der Waals surface area contributed by atoms with Crippen molar-refractivity contribution < 1.29 is 44.5 Å². The number of hydrogen-bond donors (Lipinski definition) is 6. The number of aromatic nitrogens is 4. The Morgan fingerprint density at radius 2 is 1.29 bits per heavy atom. The van der Waals surface area contributed by atoms with Crippen LogP contribution in [0.1, 0.15) is 180 Å². The number of rotatable bonds is 32. The van der Waals surface area contributed by atoms with Gasteiger partial charge in [0.05, 0.1) is 19.3 Å². The van der Waals surface area contributed by atoms with Crippen LogP contribution in [0.5, 0.6) is 0 Å². The van der Waals surface area contributed by atoms with Gasteiger partial charge in [-0.2, -0.15) is 9.36 Å². The number of tetrazole rings is 1. The second-order valence-electron chi connectivity index (χ2n) is 17.4. The largest absolute Gasteiger partial charge is 0.394 e. The van der Waals surface area contributed by atoms with Gasteiger partial charge in [0.2, 0.25) is 0 Å². The van der Waals surface area contributed by atoms with E-state index in [4.69, 9.17) is 9.47 Å². The molecule has 4 aliphatic rings. The summed E-state index contributed by atoms with van der Waals surface area (Å²) in [5, 5.41) is 70.9. The molecule has 1 aromatic rings.